The Balaban J connectivity index is 4.63. The second-order valence-electron chi connectivity index (χ2n) is 18.6. The average Bonchev–Trinajstić information content (AvgIpc) is 3.31. The second-order valence-corrected chi connectivity index (χ2v) is 18.6. The van der Waals surface area contributed by atoms with Gasteiger partial charge in [0.2, 0.25) is 5.91 Å². The van der Waals surface area contributed by atoms with Gasteiger partial charge >= 0.3 is 5.97 Å². The summed E-state index contributed by atoms with van der Waals surface area (Å²) in [4.78, 5) is 26.2. The van der Waals surface area contributed by atoms with Crippen molar-refractivity contribution in [2.24, 2.45) is 0 Å². The summed E-state index contributed by atoms with van der Waals surface area (Å²) < 4.78 is 5.91. The molecule has 0 radical (unpaired) electrons. The zero-order valence-corrected chi connectivity index (χ0v) is 43.3. The summed E-state index contributed by atoms with van der Waals surface area (Å²) in [5, 5.41) is 23.8. The smallest absolute Gasteiger partial charge is 0.306 e. The molecular formula is C60H105NO5. The largest absolute Gasteiger partial charge is 0.462 e. The molecule has 380 valence electrons. The highest BCUT2D eigenvalue weighted by Gasteiger charge is 2.24. The fourth-order valence-electron chi connectivity index (χ4n) is 8.05. The van der Waals surface area contributed by atoms with Crippen molar-refractivity contribution in [2.75, 3.05) is 6.61 Å². The van der Waals surface area contributed by atoms with Crippen molar-refractivity contribution < 1.29 is 24.5 Å². The van der Waals surface area contributed by atoms with Crippen LogP contribution in [0, 0.1) is 0 Å². The lowest BCUT2D eigenvalue weighted by Crippen LogP contribution is -2.46. The molecule has 0 rings (SSSR count). The van der Waals surface area contributed by atoms with Crippen LogP contribution in [-0.4, -0.2) is 46.9 Å². The number of hydrogen-bond acceptors (Lipinski definition) is 5. The number of rotatable bonds is 49. The van der Waals surface area contributed by atoms with Gasteiger partial charge in [-0.3, -0.25) is 9.59 Å². The molecule has 0 fully saturated rings. The number of carbonyl (C=O) groups is 2. The van der Waals surface area contributed by atoms with Crippen LogP contribution in [0.15, 0.2) is 85.1 Å². The highest BCUT2D eigenvalue weighted by Crippen LogP contribution is 2.17. The number of ether oxygens (including phenoxy) is 1. The molecule has 0 aromatic heterocycles. The number of allylic oxidation sites excluding steroid dienone is 14. The maximum Gasteiger partial charge on any atom is 0.306 e. The van der Waals surface area contributed by atoms with Gasteiger partial charge in [0.1, 0.15) is 6.10 Å². The molecule has 3 unspecified atom stereocenters. The first-order chi connectivity index (χ1) is 32.5. The van der Waals surface area contributed by atoms with Crippen LogP contribution < -0.4 is 5.32 Å². The summed E-state index contributed by atoms with van der Waals surface area (Å²) in [5.41, 5.74) is 0. The minimum Gasteiger partial charge on any atom is -0.462 e. The van der Waals surface area contributed by atoms with Crippen molar-refractivity contribution in [2.45, 2.75) is 277 Å². The van der Waals surface area contributed by atoms with Gasteiger partial charge in [0.25, 0.3) is 0 Å². The fourth-order valence-corrected chi connectivity index (χ4v) is 8.05. The third-order valence-electron chi connectivity index (χ3n) is 12.2. The van der Waals surface area contributed by atoms with Crippen LogP contribution in [0.4, 0.5) is 0 Å². The van der Waals surface area contributed by atoms with E-state index in [9.17, 15) is 19.8 Å². The van der Waals surface area contributed by atoms with Gasteiger partial charge in [0.15, 0.2) is 0 Å². The topological polar surface area (TPSA) is 95.9 Å². The van der Waals surface area contributed by atoms with Crippen molar-refractivity contribution in [3.63, 3.8) is 0 Å². The van der Waals surface area contributed by atoms with E-state index in [1.165, 1.54) is 109 Å². The Morgan fingerprint density at radius 2 is 0.864 bits per heavy atom. The third-order valence-corrected chi connectivity index (χ3v) is 12.2. The molecule has 0 heterocycles. The Kier molecular flexibility index (Phi) is 50.6. The molecule has 3 atom stereocenters. The van der Waals surface area contributed by atoms with E-state index < -0.39 is 18.2 Å². The Morgan fingerprint density at radius 1 is 0.470 bits per heavy atom. The van der Waals surface area contributed by atoms with Gasteiger partial charge in [-0.25, -0.2) is 0 Å². The molecular weight excluding hydrogens is 815 g/mol. The van der Waals surface area contributed by atoms with E-state index >= 15 is 0 Å². The Hall–Kier alpha value is -2.96. The number of aliphatic hydroxyl groups excluding tert-OH is 2. The lowest BCUT2D eigenvalue weighted by atomic mass is 10.0. The van der Waals surface area contributed by atoms with Crippen molar-refractivity contribution >= 4 is 11.9 Å². The highest BCUT2D eigenvalue weighted by molar-refractivity contribution is 5.77. The molecule has 0 saturated heterocycles. The van der Waals surface area contributed by atoms with E-state index in [1.807, 2.05) is 0 Å². The Morgan fingerprint density at radius 3 is 1.35 bits per heavy atom. The van der Waals surface area contributed by atoms with Crippen LogP contribution in [0.5, 0.6) is 0 Å². The highest BCUT2D eigenvalue weighted by atomic mass is 16.5. The quantitative estimate of drug-likeness (QED) is 0.0245. The molecule has 66 heavy (non-hydrogen) atoms. The second kappa shape index (κ2) is 53.0. The molecule has 1 amide bonds. The van der Waals surface area contributed by atoms with Gasteiger partial charge in [-0.2, -0.15) is 0 Å². The molecule has 0 bridgehead atoms. The van der Waals surface area contributed by atoms with Gasteiger partial charge in [0.05, 0.1) is 25.2 Å². The summed E-state index contributed by atoms with van der Waals surface area (Å²) in [6, 6.07) is -0.724. The van der Waals surface area contributed by atoms with E-state index in [4.69, 9.17) is 4.74 Å². The number of aliphatic hydroxyl groups is 2. The van der Waals surface area contributed by atoms with Crippen LogP contribution in [0.25, 0.3) is 0 Å². The van der Waals surface area contributed by atoms with Crippen LogP contribution >= 0.6 is 0 Å². The van der Waals surface area contributed by atoms with E-state index in [1.54, 1.807) is 0 Å². The predicted octanol–water partition coefficient (Wildman–Crippen LogP) is 17.1. The Bertz CT molecular complexity index is 1260. The molecule has 6 heteroatoms. The summed E-state index contributed by atoms with van der Waals surface area (Å²) in [5.74, 6) is -0.564. The van der Waals surface area contributed by atoms with E-state index in [0.717, 1.165) is 96.3 Å². The van der Waals surface area contributed by atoms with Gasteiger partial charge in [-0.15, -0.1) is 0 Å². The monoisotopic (exact) mass is 920 g/mol. The number of amides is 1. The molecule has 0 saturated carbocycles. The number of unbranched alkanes of at least 4 members (excludes halogenated alkanes) is 24. The fraction of sp³-hybridized carbons (Fsp3) is 0.733. The number of carbonyl (C=O) groups excluding carboxylic acids is 2. The van der Waals surface area contributed by atoms with E-state index in [0.29, 0.717) is 25.7 Å². The van der Waals surface area contributed by atoms with Crippen molar-refractivity contribution in [3.05, 3.63) is 85.1 Å². The standard InChI is InChI=1S/C60H105NO5/c1-4-7-10-13-16-19-22-25-27-29-31-34-37-40-43-46-49-52-58(63)57(55-62)61-59(64)54-56(51-48-45-42-39-36-33-24-21-18-15-12-9-6-3)66-60(65)53-50-47-44-41-38-35-32-30-28-26-23-20-17-14-11-8-5-2/h8,11,17-18,20-21,24,26,28,32-33,35,41,44,56-58,62-63H,4-7,9-10,12-16,19,22-23,25,27,29-31,34,36-40,42-43,45-55H2,1-3H3,(H,61,64)/b11-8-,20-17-,21-18+,28-26-,33-24+,35-32-,44-41-. The molecule has 0 aliphatic rings. The van der Waals surface area contributed by atoms with Crippen molar-refractivity contribution in [1.82, 2.24) is 5.32 Å². The first kappa shape index (κ1) is 63.0. The summed E-state index contributed by atoms with van der Waals surface area (Å²) in [7, 11) is 0. The van der Waals surface area contributed by atoms with Gasteiger partial charge < -0.3 is 20.3 Å². The third kappa shape index (κ3) is 47.5. The minimum atomic E-state index is -0.808. The molecule has 0 aromatic carbocycles. The zero-order chi connectivity index (χ0) is 48.1. The average molecular weight is 921 g/mol. The molecule has 0 spiro atoms. The number of nitrogens with one attached hydrogen (secondary N) is 1. The lowest BCUT2D eigenvalue weighted by molar-refractivity contribution is -0.151. The van der Waals surface area contributed by atoms with Crippen molar-refractivity contribution in [1.29, 1.82) is 0 Å². The zero-order valence-electron chi connectivity index (χ0n) is 43.3. The van der Waals surface area contributed by atoms with Gasteiger partial charge in [-0.1, -0.05) is 241 Å². The molecule has 0 aliphatic carbocycles. The van der Waals surface area contributed by atoms with Gasteiger partial charge in [0, 0.05) is 6.42 Å². The van der Waals surface area contributed by atoms with E-state index in [-0.39, 0.29) is 24.9 Å². The molecule has 3 N–H and O–H groups in total. The normalized spacial score (nSPS) is 13.8. The summed E-state index contributed by atoms with van der Waals surface area (Å²) in [6.45, 7) is 6.33. The predicted molar refractivity (Wildman–Crippen MR) is 287 cm³/mol. The first-order valence-corrected chi connectivity index (χ1v) is 27.8. The summed E-state index contributed by atoms with van der Waals surface area (Å²) in [6.07, 6.45) is 69.3. The van der Waals surface area contributed by atoms with Crippen LogP contribution in [0.3, 0.4) is 0 Å². The SMILES string of the molecule is CC/C=C\C/C=C\C/C=C\C/C=C\C/C=C\CCCC(=O)OC(CCCCCC/C=C/C=C/CCCCC)CC(=O)NC(CO)C(O)CCCCCCCCCCCCCCCCCCC. The molecule has 0 aromatic rings. The van der Waals surface area contributed by atoms with Crippen molar-refractivity contribution in [3.8, 4) is 0 Å². The maximum atomic E-state index is 13.2. The van der Waals surface area contributed by atoms with Gasteiger partial charge in [-0.05, 0) is 89.9 Å². The van der Waals surface area contributed by atoms with Crippen LogP contribution in [0.1, 0.15) is 258 Å². The lowest BCUT2D eigenvalue weighted by Gasteiger charge is -2.24. The molecule has 6 nitrogen and oxygen atoms in total. The Labute approximate surface area is 408 Å². The number of esters is 1. The molecule has 0 aliphatic heterocycles. The number of hydrogen-bond donors (Lipinski definition) is 3. The maximum absolute atomic E-state index is 13.2. The van der Waals surface area contributed by atoms with Crippen LogP contribution in [0.2, 0.25) is 0 Å². The summed E-state index contributed by atoms with van der Waals surface area (Å²) >= 11 is 0. The minimum absolute atomic E-state index is 0.0379. The van der Waals surface area contributed by atoms with E-state index in [2.05, 4.69) is 111 Å². The van der Waals surface area contributed by atoms with Crippen LogP contribution in [-0.2, 0) is 14.3 Å². The first-order valence-electron chi connectivity index (χ1n) is 27.8.